The van der Waals surface area contributed by atoms with Crippen LogP contribution in [0, 0.1) is 0 Å². The summed E-state index contributed by atoms with van der Waals surface area (Å²) in [5.41, 5.74) is 2.99. The second kappa shape index (κ2) is 7.66. The third-order valence-corrected chi connectivity index (χ3v) is 4.27. The van der Waals surface area contributed by atoms with Gasteiger partial charge in [0.15, 0.2) is 10.3 Å². The molecule has 1 aromatic carbocycles. The van der Waals surface area contributed by atoms with Gasteiger partial charge in [0.2, 0.25) is 0 Å². The largest absolute Gasteiger partial charge is 0.378 e. The molecule has 0 saturated carbocycles. The zero-order valence-corrected chi connectivity index (χ0v) is 14.2. The van der Waals surface area contributed by atoms with Crippen LogP contribution in [0.15, 0.2) is 39.9 Å². The molecular formula is C16H20ClN3S. The van der Waals surface area contributed by atoms with Crippen LogP contribution in [0.2, 0.25) is 0 Å². The number of thioether (sulfide) groups is 1. The zero-order chi connectivity index (χ0) is 15.2. The highest BCUT2D eigenvalue weighted by atomic mass is 35.5. The van der Waals surface area contributed by atoms with Gasteiger partial charge in [-0.3, -0.25) is 0 Å². The Labute approximate surface area is 135 Å². The molecule has 0 aliphatic carbocycles. The summed E-state index contributed by atoms with van der Waals surface area (Å²) in [5.74, 6) is 1.04. The summed E-state index contributed by atoms with van der Waals surface area (Å²) < 4.78 is 0. The molecular weight excluding hydrogens is 302 g/mol. The molecule has 0 atom stereocenters. The van der Waals surface area contributed by atoms with Gasteiger partial charge in [-0.05, 0) is 30.2 Å². The van der Waals surface area contributed by atoms with E-state index in [0.29, 0.717) is 5.17 Å². The SMILES string of the molecule is CCCCSC1=N/C(=C\c2ccc(N(C)C)cc2)C(Cl)=N1. The highest BCUT2D eigenvalue weighted by Gasteiger charge is 2.14. The minimum absolute atomic E-state index is 0.477. The third-order valence-electron chi connectivity index (χ3n) is 3.06. The van der Waals surface area contributed by atoms with E-state index in [1.807, 2.05) is 20.2 Å². The maximum Gasteiger partial charge on any atom is 0.189 e. The fourth-order valence-electron chi connectivity index (χ4n) is 1.81. The van der Waals surface area contributed by atoms with Gasteiger partial charge in [-0.15, -0.1) is 0 Å². The van der Waals surface area contributed by atoms with Crippen LogP contribution in [0.4, 0.5) is 5.69 Å². The van der Waals surface area contributed by atoms with Gasteiger partial charge < -0.3 is 4.90 Å². The van der Waals surface area contributed by atoms with Crippen molar-refractivity contribution in [3.63, 3.8) is 0 Å². The number of allylic oxidation sites excluding steroid dienone is 1. The molecule has 0 N–H and O–H groups in total. The van der Waals surface area contributed by atoms with E-state index in [1.165, 1.54) is 18.5 Å². The molecule has 0 aromatic heterocycles. The van der Waals surface area contributed by atoms with Crippen LogP contribution in [0.1, 0.15) is 25.3 Å². The van der Waals surface area contributed by atoms with Crippen molar-refractivity contribution in [2.24, 2.45) is 9.98 Å². The standard InChI is InChI=1S/C16H20ClN3S/c1-4-5-10-21-16-18-14(15(17)19-16)11-12-6-8-13(9-7-12)20(2)3/h6-9,11H,4-5,10H2,1-3H3/b14-11-. The van der Waals surface area contributed by atoms with Gasteiger partial charge in [-0.1, -0.05) is 48.8 Å². The average molecular weight is 322 g/mol. The van der Waals surface area contributed by atoms with Gasteiger partial charge in [0.05, 0.1) is 0 Å². The van der Waals surface area contributed by atoms with Crippen molar-refractivity contribution in [3.05, 3.63) is 35.5 Å². The first-order valence-corrected chi connectivity index (χ1v) is 8.41. The minimum atomic E-state index is 0.477. The number of halogens is 1. The summed E-state index contributed by atoms with van der Waals surface area (Å²) in [6.45, 7) is 2.18. The topological polar surface area (TPSA) is 28.0 Å². The predicted octanol–water partition coefficient (Wildman–Crippen LogP) is 4.63. The summed E-state index contributed by atoms with van der Waals surface area (Å²) in [7, 11) is 4.05. The van der Waals surface area contributed by atoms with E-state index in [-0.39, 0.29) is 0 Å². The van der Waals surface area contributed by atoms with Crippen molar-refractivity contribution in [2.75, 3.05) is 24.7 Å². The number of anilines is 1. The maximum atomic E-state index is 6.16. The molecule has 0 saturated heterocycles. The lowest BCUT2D eigenvalue weighted by molar-refractivity contribution is 0.898. The van der Waals surface area contributed by atoms with Crippen LogP contribution in [-0.2, 0) is 0 Å². The lowest BCUT2D eigenvalue weighted by Gasteiger charge is -2.11. The molecule has 0 bridgehead atoms. The fourth-order valence-corrected chi connectivity index (χ4v) is 2.97. The van der Waals surface area contributed by atoms with Crippen LogP contribution in [0.5, 0.6) is 0 Å². The minimum Gasteiger partial charge on any atom is -0.378 e. The van der Waals surface area contributed by atoms with Crippen LogP contribution in [0.25, 0.3) is 6.08 Å². The molecule has 1 aliphatic rings. The quantitative estimate of drug-likeness (QED) is 0.739. The highest BCUT2D eigenvalue weighted by Crippen LogP contribution is 2.23. The first-order chi connectivity index (χ1) is 10.1. The molecule has 0 spiro atoms. The second-order valence-corrected chi connectivity index (χ2v) is 6.43. The van der Waals surface area contributed by atoms with E-state index in [0.717, 1.165) is 22.2 Å². The molecule has 0 radical (unpaired) electrons. The first-order valence-electron chi connectivity index (χ1n) is 7.05. The van der Waals surface area contributed by atoms with Gasteiger partial charge in [-0.25, -0.2) is 9.98 Å². The van der Waals surface area contributed by atoms with Gasteiger partial charge in [0, 0.05) is 25.5 Å². The molecule has 21 heavy (non-hydrogen) atoms. The Morgan fingerprint density at radius 2 is 1.90 bits per heavy atom. The summed E-state index contributed by atoms with van der Waals surface area (Å²) in [5, 5.41) is 1.25. The maximum absolute atomic E-state index is 6.16. The van der Waals surface area contributed by atoms with E-state index in [9.17, 15) is 0 Å². The predicted molar refractivity (Wildman–Crippen MR) is 96.8 cm³/mol. The van der Waals surface area contributed by atoms with Crippen LogP contribution in [-0.4, -0.2) is 30.2 Å². The number of hydrogen-bond acceptors (Lipinski definition) is 4. The molecule has 3 nitrogen and oxygen atoms in total. The van der Waals surface area contributed by atoms with E-state index in [4.69, 9.17) is 11.6 Å². The smallest absolute Gasteiger partial charge is 0.189 e. The van der Waals surface area contributed by atoms with Crippen molar-refractivity contribution in [3.8, 4) is 0 Å². The molecule has 1 aliphatic heterocycles. The Morgan fingerprint density at radius 1 is 1.19 bits per heavy atom. The van der Waals surface area contributed by atoms with Crippen molar-refractivity contribution in [1.29, 1.82) is 0 Å². The van der Waals surface area contributed by atoms with Crippen LogP contribution in [0.3, 0.4) is 0 Å². The van der Waals surface area contributed by atoms with Crippen molar-refractivity contribution in [2.45, 2.75) is 19.8 Å². The van der Waals surface area contributed by atoms with Gasteiger partial charge in [-0.2, -0.15) is 0 Å². The molecule has 1 aromatic rings. The number of hydrogen-bond donors (Lipinski definition) is 0. The second-order valence-electron chi connectivity index (χ2n) is 5.01. The molecule has 0 unspecified atom stereocenters. The Bertz CT molecular complexity index is 574. The summed E-state index contributed by atoms with van der Waals surface area (Å²) in [4.78, 5) is 10.9. The Balaban J connectivity index is 2.08. The Kier molecular flexibility index (Phi) is 5.88. The Morgan fingerprint density at radius 3 is 2.52 bits per heavy atom. The molecule has 0 fully saturated rings. The van der Waals surface area contributed by atoms with Gasteiger partial charge >= 0.3 is 0 Å². The third kappa shape index (κ3) is 4.61. The van der Waals surface area contributed by atoms with E-state index in [1.54, 1.807) is 11.8 Å². The Hall–Kier alpha value is -1.26. The summed E-state index contributed by atoms with van der Waals surface area (Å²) in [6, 6.07) is 8.27. The zero-order valence-electron chi connectivity index (χ0n) is 12.6. The number of aliphatic imine (C=N–C) groups is 2. The lowest BCUT2D eigenvalue weighted by Crippen LogP contribution is -2.07. The normalized spacial score (nSPS) is 16.1. The van der Waals surface area contributed by atoms with Crippen molar-refractivity contribution in [1.82, 2.24) is 0 Å². The number of rotatable bonds is 5. The fraction of sp³-hybridized carbons (Fsp3) is 0.375. The number of unbranched alkanes of at least 4 members (excludes halogenated alkanes) is 1. The molecule has 5 heteroatoms. The van der Waals surface area contributed by atoms with Crippen LogP contribution < -0.4 is 4.90 Å². The summed E-state index contributed by atoms with van der Waals surface area (Å²) in [6.07, 6.45) is 4.32. The number of amidine groups is 1. The van der Waals surface area contributed by atoms with Crippen molar-refractivity contribution < 1.29 is 0 Å². The lowest BCUT2D eigenvalue weighted by atomic mass is 10.1. The summed E-state index contributed by atoms with van der Waals surface area (Å²) >= 11 is 7.83. The van der Waals surface area contributed by atoms with Gasteiger partial charge in [0.25, 0.3) is 0 Å². The van der Waals surface area contributed by atoms with Crippen LogP contribution >= 0.6 is 23.4 Å². The van der Waals surface area contributed by atoms with Gasteiger partial charge in [0.1, 0.15) is 5.70 Å². The highest BCUT2D eigenvalue weighted by molar-refractivity contribution is 8.13. The molecule has 112 valence electrons. The number of nitrogens with zero attached hydrogens (tertiary/aromatic N) is 3. The van der Waals surface area contributed by atoms with Crippen molar-refractivity contribution >= 4 is 45.5 Å². The first kappa shape index (κ1) is 16.1. The van der Waals surface area contributed by atoms with E-state index >= 15 is 0 Å². The molecule has 2 rings (SSSR count). The molecule has 0 amide bonds. The van der Waals surface area contributed by atoms with E-state index in [2.05, 4.69) is 46.1 Å². The average Bonchev–Trinajstić information content (AvgIpc) is 2.80. The monoisotopic (exact) mass is 321 g/mol. The van der Waals surface area contributed by atoms with E-state index < -0.39 is 0 Å². The number of benzene rings is 1. The molecule has 1 heterocycles.